The number of hydrogen-bond donors (Lipinski definition) is 1. The molecule has 3 heterocycles. The van der Waals surface area contributed by atoms with Crippen molar-refractivity contribution in [3.63, 3.8) is 0 Å². The molecule has 8 nitrogen and oxygen atoms in total. The fourth-order valence-corrected chi connectivity index (χ4v) is 2.83. The maximum absolute atomic E-state index is 12.3. The lowest BCUT2D eigenvalue weighted by Gasteiger charge is -2.20. The van der Waals surface area contributed by atoms with Gasteiger partial charge in [-0.25, -0.2) is 0 Å². The monoisotopic (exact) mass is 319 g/mol. The Labute approximate surface area is 134 Å². The number of amides is 2. The highest BCUT2D eigenvalue weighted by Gasteiger charge is 2.35. The van der Waals surface area contributed by atoms with Gasteiger partial charge in [0.1, 0.15) is 12.1 Å². The lowest BCUT2D eigenvalue weighted by atomic mass is 10.2. The molecule has 0 aliphatic carbocycles. The zero-order valence-corrected chi connectivity index (χ0v) is 13.4. The number of nitrogens with zero attached hydrogens (tertiary/aromatic N) is 4. The second-order valence-electron chi connectivity index (χ2n) is 6.10. The fraction of sp³-hybridized carbons (Fsp3) is 0.600. The molecule has 8 heteroatoms. The second-order valence-corrected chi connectivity index (χ2v) is 6.10. The average molecular weight is 319 g/mol. The Balaban J connectivity index is 1.53. The lowest BCUT2D eigenvalue weighted by Crippen LogP contribution is -2.44. The first-order valence-electron chi connectivity index (χ1n) is 7.79. The van der Waals surface area contributed by atoms with E-state index in [0.29, 0.717) is 31.8 Å². The van der Waals surface area contributed by atoms with Crippen molar-refractivity contribution in [2.75, 3.05) is 32.1 Å². The van der Waals surface area contributed by atoms with Crippen LogP contribution < -0.4 is 15.0 Å². The first-order chi connectivity index (χ1) is 11.0. The van der Waals surface area contributed by atoms with Crippen LogP contribution in [0.5, 0.6) is 5.88 Å². The van der Waals surface area contributed by atoms with Gasteiger partial charge in [0.15, 0.2) is 5.82 Å². The predicted molar refractivity (Wildman–Crippen MR) is 83.1 cm³/mol. The van der Waals surface area contributed by atoms with E-state index in [1.165, 1.54) is 0 Å². The van der Waals surface area contributed by atoms with Gasteiger partial charge in [-0.2, -0.15) is 0 Å². The molecule has 23 heavy (non-hydrogen) atoms. The van der Waals surface area contributed by atoms with Gasteiger partial charge >= 0.3 is 0 Å². The van der Waals surface area contributed by atoms with Crippen LogP contribution in [0.15, 0.2) is 12.1 Å². The maximum atomic E-state index is 12.3. The number of hydrogen-bond acceptors (Lipinski definition) is 6. The zero-order chi connectivity index (χ0) is 16.4. The smallest absolute Gasteiger partial charge is 0.245 e. The largest absolute Gasteiger partial charge is 0.471 e. The van der Waals surface area contributed by atoms with Gasteiger partial charge in [-0.05, 0) is 12.5 Å². The number of rotatable bonds is 4. The molecule has 1 aromatic rings. The molecule has 2 saturated heterocycles. The molecule has 0 bridgehead atoms. The minimum absolute atomic E-state index is 0.0176. The van der Waals surface area contributed by atoms with Crippen LogP contribution in [0.4, 0.5) is 5.82 Å². The molecule has 2 aliphatic heterocycles. The summed E-state index contributed by atoms with van der Waals surface area (Å²) >= 11 is 0. The molecule has 1 N–H and O–H groups in total. The molecule has 2 aliphatic rings. The molecule has 0 radical (unpaired) electrons. The molecular weight excluding hydrogens is 298 g/mol. The first kappa shape index (κ1) is 15.5. The molecule has 124 valence electrons. The summed E-state index contributed by atoms with van der Waals surface area (Å²) in [5.41, 5.74) is 0. The van der Waals surface area contributed by atoms with Gasteiger partial charge in [0.2, 0.25) is 17.7 Å². The first-order valence-corrected chi connectivity index (χ1v) is 7.79. The van der Waals surface area contributed by atoms with E-state index in [1.54, 1.807) is 11.0 Å². The summed E-state index contributed by atoms with van der Waals surface area (Å²) in [6.07, 6.45) is 1.68. The number of likely N-dealkylation sites (tertiary alicyclic amines) is 1. The molecule has 1 aromatic heterocycles. The normalized spacial score (nSPS) is 23.7. The second kappa shape index (κ2) is 6.39. The summed E-state index contributed by atoms with van der Waals surface area (Å²) in [6, 6.07) is 3.25. The van der Waals surface area contributed by atoms with Gasteiger partial charge in [0, 0.05) is 39.5 Å². The van der Waals surface area contributed by atoms with Crippen molar-refractivity contribution in [2.24, 2.45) is 0 Å². The van der Waals surface area contributed by atoms with Crippen molar-refractivity contribution < 1.29 is 14.3 Å². The lowest BCUT2D eigenvalue weighted by molar-refractivity contribution is -0.133. The Morgan fingerprint density at radius 3 is 2.78 bits per heavy atom. The van der Waals surface area contributed by atoms with Crippen LogP contribution >= 0.6 is 0 Å². The minimum atomic E-state index is -0.375. The summed E-state index contributed by atoms with van der Waals surface area (Å²) in [4.78, 5) is 27.2. The molecule has 0 saturated carbocycles. The SMILES string of the molecule is CN(C)c1ccc(O[C@@H]2CCN(C(=O)[C@H]3CCC(=O)N3)C2)nn1. The van der Waals surface area contributed by atoms with Crippen LogP contribution in [0.1, 0.15) is 19.3 Å². The highest BCUT2D eigenvalue weighted by molar-refractivity contribution is 5.90. The number of anilines is 1. The zero-order valence-electron chi connectivity index (χ0n) is 13.4. The van der Waals surface area contributed by atoms with E-state index in [0.717, 1.165) is 12.2 Å². The van der Waals surface area contributed by atoms with E-state index >= 15 is 0 Å². The highest BCUT2D eigenvalue weighted by atomic mass is 16.5. The fourth-order valence-electron chi connectivity index (χ4n) is 2.83. The molecule has 2 amide bonds. The third-order valence-electron chi connectivity index (χ3n) is 4.12. The Morgan fingerprint density at radius 1 is 1.35 bits per heavy atom. The minimum Gasteiger partial charge on any atom is -0.471 e. The molecule has 0 spiro atoms. The van der Waals surface area contributed by atoms with Crippen molar-refractivity contribution in [1.82, 2.24) is 20.4 Å². The summed E-state index contributed by atoms with van der Waals surface area (Å²) in [7, 11) is 3.79. The highest BCUT2D eigenvalue weighted by Crippen LogP contribution is 2.19. The molecule has 3 rings (SSSR count). The summed E-state index contributed by atoms with van der Waals surface area (Å²) in [5.74, 6) is 1.16. The van der Waals surface area contributed by atoms with Crippen LogP contribution in [0.2, 0.25) is 0 Å². The van der Waals surface area contributed by atoms with Crippen LogP contribution in [-0.2, 0) is 9.59 Å². The number of nitrogens with one attached hydrogen (secondary N) is 1. The van der Waals surface area contributed by atoms with E-state index in [-0.39, 0.29) is 24.0 Å². The Hall–Kier alpha value is -2.38. The van der Waals surface area contributed by atoms with Crippen molar-refractivity contribution >= 4 is 17.6 Å². The number of carbonyl (C=O) groups is 2. The van der Waals surface area contributed by atoms with Gasteiger partial charge in [0.25, 0.3) is 0 Å². The van der Waals surface area contributed by atoms with E-state index in [4.69, 9.17) is 4.74 Å². The van der Waals surface area contributed by atoms with Gasteiger partial charge in [-0.1, -0.05) is 0 Å². The van der Waals surface area contributed by atoms with Gasteiger partial charge < -0.3 is 19.9 Å². The summed E-state index contributed by atoms with van der Waals surface area (Å²) in [5, 5.41) is 10.8. The average Bonchev–Trinajstić information content (AvgIpc) is 3.16. The number of carbonyl (C=O) groups excluding carboxylic acids is 2. The third-order valence-corrected chi connectivity index (χ3v) is 4.12. The van der Waals surface area contributed by atoms with E-state index in [1.807, 2.05) is 25.1 Å². The van der Waals surface area contributed by atoms with Crippen LogP contribution in [-0.4, -0.2) is 66.2 Å². The number of aromatic nitrogens is 2. The van der Waals surface area contributed by atoms with E-state index in [2.05, 4.69) is 15.5 Å². The standard InChI is InChI=1S/C15H21N5O3/c1-19(2)12-4-6-14(18-17-12)23-10-7-8-20(9-10)15(22)11-3-5-13(21)16-11/h4,6,10-11H,3,5,7-9H2,1-2H3,(H,16,21)/t10-,11-/m1/s1. The third kappa shape index (κ3) is 3.52. The summed E-state index contributed by atoms with van der Waals surface area (Å²) in [6.45, 7) is 1.15. The quantitative estimate of drug-likeness (QED) is 0.827. The van der Waals surface area contributed by atoms with E-state index in [9.17, 15) is 9.59 Å². The molecule has 2 fully saturated rings. The van der Waals surface area contributed by atoms with Crippen molar-refractivity contribution in [3.05, 3.63) is 12.1 Å². The molecule has 2 atom stereocenters. The Morgan fingerprint density at radius 2 is 2.17 bits per heavy atom. The van der Waals surface area contributed by atoms with Gasteiger partial charge in [-0.15, -0.1) is 10.2 Å². The van der Waals surface area contributed by atoms with Crippen LogP contribution in [0.25, 0.3) is 0 Å². The Kier molecular flexibility index (Phi) is 4.31. The Bertz CT molecular complexity index is 589. The van der Waals surface area contributed by atoms with Crippen LogP contribution in [0, 0.1) is 0 Å². The molecule has 0 unspecified atom stereocenters. The van der Waals surface area contributed by atoms with Gasteiger partial charge in [0.05, 0.1) is 6.54 Å². The van der Waals surface area contributed by atoms with Crippen molar-refractivity contribution in [3.8, 4) is 5.88 Å². The topological polar surface area (TPSA) is 87.7 Å². The number of ether oxygens (including phenoxy) is 1. The maximum Gasteiger partial charge on any atom is 0.245 e. The van der Waals surface area contributed by atoms with Crippen molar-refractivity contribution in [1.29, 1.82) is 0 Å². The summed E-state index contributed by atoms with van der Waals surface area (Å²) < 4.78 is 5.80. The van der Waals surface area contributed by atoms with E-state index < -0.39 is 0 Å². The van der Waals surface area contributed by atoms with Gasteiger partial charge in [-0.3, -0.25) is 9.59 Å². The molecular formula is C15H21N5O3. The van der Waals surface area contributed by atoms with Crippen LogP contribution in [0.3, 0.4) is 0 Å². The predicted octanol–water partition coefficient (Wildman–Crippen LogP) is -0.199. The van der Waals surface area contributed by atoms with Crippen molar-refractivity contribution in [2.45, 2.75) is 31.4 Å². The molecule has 0 aromatic carbocycles.